The van der Waals surface area contributed by atoms with E-state index >= 15 is 0 Å². The number of ether oxygens (including phenoxy) is 2. The molecule has 0 heterocycles. The number of unbranched alkanes of at least 4 members (excludes halogenated alkanes) is 18. The molecular weight excluding hydrogens is 661 g/mol. The molecule has 1 unspecified atom stereocenters. The fourth-order valence-corrected chi connectivity index (χ4v) is 5.82. The van der Waals surface area contributed by atoms with Crippen molar-refractivity contribution in [2.45, 2.75) is 180 Å². The Balaban J connectivity index is 4.44. The highest BCUT2D eigenvalue weighted by atomic mass is 31.2. The van der Waals surface area contributed by atoms with E-state index < -0.39 is 51.1 Å². The molecule has 0 rings (SSSR count). The predicted molar refractivity (Wildman–Crippen MR) is 199 cm³/mol. The highest BCUT2D eigenvalue weighted by Gasteiger charge is 2.28. The van der Waals surface area contributed by atoms with Gasteiger partial charge in [0.15, 0.2) is 6.10 Å². The molecular formula is C38H70NO10P. The fourth-order valence-electron chi connectivity index (χ4n) is 5.04. The van der Waals surface area contributed by atoms with Gasteiger partial charge in [-0.3, -0.25) is 23.4 Å². The van der Waals surface area contributed by atoms with Gasteiger partial charge in [-0.15, -0.1) is 0 Å². The van der Waals surface area contributed by atoms with Crippen LogP contribution in [-0.4, -0.2) is 59.9 Å². The van der Waals surface area contributed by atoms with Gasteiger partial charge in [0.1, 0.15) is 12.6 Å². The molecule has 0 spiro atoms. The summed E-state index contributed by atoms with van der Waals surface area (Å²) in [6, 6.07) is -1.52. The Hall–Kier alpha value is -2.04. The lowest BCUT2D eigenvalue weighted by molar-refractivity contribution is -0.161. The summed E-state index contributed by atoms with van der Waals surface area (Å²) in [5.74, 6) is -2.40. The summed E-state index contributed by atoms with van der Waals surface area (Å²) in [5, 5.41) is 8.85. The predicted octanol–water partition coefficient (Wildman–Crippen LogP) is 9.50. The Morgan fingerprint density at radius 3 is 1.52 bits per heavy atom. The van der Waals surface area contributed by atoms with Gasteiger partial charge in [0.2, 0.25) is 0 Å². The normalized spacial score (nSPS) is 14.2. The zero-order chi connectivity index (χ0) is 37.1. The number of hydrogen-bond acceptors (Lipinski definition) is 9. The van der Waals surface area contributed by atoms with Crippen molar-refractivity contribution < 1.29 is 47.5 Å². The molecule has 0 aromatic carbocycles. The number of carboxylic acids is 1. The maximum Gasteiger partial charge on any atom is 0.472 e. The zero-order valence-electron chi connectivity index (χ0n) is 31.2. The molecule has 0 saturated carbocycles. The second-order valence-electron chi connectivity index (χ2n) is 13.1. The molecule has 0 fully saturated rings. The third-order valence-corrected chi connectivity index (χ3v) is 9.12. The molecule has 0 aromatic heterocycles. The molecule has 0 aliphatic rings. The number of aliphatic carboxylic acids is 1. The minimum atomic E-state index is -4.71. The van der Waals surface area contributed by atoms with Crippen molar-refractivity contribution in [2.75, 3.05) is 19.8 Å². The number of carboxylic acid groups (broad SMARTS) is 1. The topological polar surface area (TPSA) is 172 Å². The minimum absolute atomic E-state index is 0.156. The quantitative estimate of drug-likeness (QED) is 0.0242. The molecule has 0 aromatic rings. The lowest BCUT2D eigenvalue weighted by Crippen LogP contribution is -2.34. The zero-order valence-corrected chi connectivity index (χ0v) is 32.1. The van der Waals surface area contributed by atoms with Crippen molar-refractivity contribution in [3.8, 4) is 0 Å². The second-order valence-corrected chi connectivity index (χ2v) is 14.5. The molecule has 50 heavy (non-hydrogen) atoms. The van der Waals surface area contributed by atoms with Crippen molar-refractivity contribution >= 4 is 25.7 Å². The van der Waals surface area contributed by atoms with Crippen LogP contribution < -0.4 is 5.73 Å². The number of phosphoric ester groups is 1. The third kappa shape index (κ3) is 33.1. The van der Waals surface area contributed by atoms with E-state index in [1.165, 1.54) is 57.8 Å². The Labute approximate surface area is 302 Å². The van der Waals surface area contributed by atoms with E-state index in [-0.39, 0.29) is 19.4 Å². The van der Waals surface area contributed by atoms with Crippen LogP contribution in [0.2, 0.25) is 0 Å². The number of carbonyl (C=O) groups is 3. The monoisotopic (exact) mass is 731 g/mol. The molecule has 0 aliphatic carbocycles. The first-order valence-corrected chi connectivity index (χ1v) is 20.9. The maximum absolute atomic E-state index is 12.6. The first-order valence-electron chi connectivity index (χ1n) is 19.4. The Morgan fingerprint density at radius 1 is 0.600 bits per heavy atom. The molecule has 0 bridgehead atoms. The van der Waals surface area contributed by atoms with E-state index in [0.717, 1.165) is 70.6 Å². The molecule has 11 nitrogen and oxygen atoms in total. The average molecular weight is 732 g/mol. The number of esters is 2. The van der Waals surface area contributed by atoms with E-state index in [4.69, 9.17) is 24.8 Å². The van der Waals surface area contributed by atoms with Crippen molar-refractivity contribution in [1.29, 1.82) is 0 Å². The Bertz CT molecular complexity index is 958. The number of carbonyl (C=O) groups excluding carboxylic acids is 2. The molecule has 12 heteroatoms. The van der Waals surface area contributed by atoms with Gasteiger partial charge in [-0.05, 0) is 57.8 Å². The average Bonchev–Trinajstić information content (AvgIpc) is 3.09. The van der Waals surface area contributed by atoms with Gasteiger partial charge in [-0.1, -0.05) is 122 Å². The van der Waals surface area contributed by atoms with Gasteiger partial charge in [-0.25, -0.2) is 4.57 Å². The van der Waals surface area contributed by atoms with E-state index in [1.807, 2.05) is 0 Å². The van der Waals surface area contributed by atoms with E-state index in [0.29, 0.717) is 12.8 Å². The van der Waals surface area contributed by atoms with Crippen LogP contribution in [0, 0.1) is 0 Å². The van der Waals surface area contributed by atoms with Crippen LogP contribution in [0.3, 0.4) is 0 Å². The summed E-state index contributed by atoms with van der Waals surface area (Å²) in [5.41, 5.74) is 5.31. The fraction of sp³-hybridized carbons (Fsp3) is 0.816. The Morgan fingerprint density at radius 2 is 1.02 bits per heavy atom. The van der Waals surface area contributed by atoms with Crippen LogP contribution in [0.1, 0.15) is 168 Å². The maximum atomic E-state index is 12.6. The number of phosphoric acid groups is 1. The molecule has 0 aliphatic heterocycles. The number of rotatable bonds is 36. The lowest BCUT2D eigenvalue weighted by atomic mass is 10.1. The van der Waals surface area contributed by atoms with Gasteiger partial charge in [0, 0.05) is 12.8 Å². The third-order valence-electron chi connectivity index (χ3n) is 8.17. The van der Waals surface area contributed by atoms with Crippen molar-refractivity contribution in [3.63, 3.8) is 0 Å². The summed E-state index contributed by atoms with van der Waals surface area (Å²) >= 11 is 0. The largest absolute Gasteiger partial charge is 0.480 e. The number of allylic oxidation sites excluding steroid dienone is 4. The molecule has 0 saturated heterocycles. The van der Waals surface area contributed by atoms with Crippen LogP contribution in [-0.2, 0) is 37.5 Å². The summed E-state index contributed by atoms with van der Waals surface area (Å²) < 4.78 is 32.5. The van der Waals surface area contributed by atoms with Crippen LogP contribution >= 0.6 is 7.82 Å². The molecule has 0 radical (unpaired) electrons. The van der Waals surface area contributed by atoms with Gasteiger partial charge >= 0.3 is 25.7 Å². The van der Waals surface area contributed by atoms with E-state index in [2.05, 4.69) is 42.7 Å². The van der Waals surface area contributed by atoms with Crippen LogP contribution in [0.4, 0.5) is 0 Å². The van der Waals surface area contributed by atoms with E-state index in [9.17, 15) is 23.8 Å². The van der Waals surface area contributed by atoms with Gasteiger partial charge < -0.3 is 25.2 Å². The summed E-state index contributed by atoms with van der Waals surface area (Å²) in [6.45, 7) is 2.72. The van der Waals surface area contributed by atoms with Crippen LogP contribution in [0.5, 0.6) is 0 Å². The highest BCUT2D eigenvalue weighted by Crippen LogP contribution is 2.43. The van der Waals surface area contributed by atoms with Crippen molar-refractivity contribution in [3.05, 3.63) is 24.3 Å². The van der Waals surface area contributed by atoms with Gasteiger partial charge in [0.05, 0.1) is 13.2 Å². The Kier molecular flexibility index (Phi) is 32.7. The van der Waals surface area contributed by atoms with Crippen LogP contribution in [0.25, 0.3) is 0 Å². The smallest absolute Gasteiger partial charge is 0.472 e. The van der Waals surface area contributed by atoms with E-state index in [1.54, 1.807) is 0 Å². The molecule has 3 atom stereocenters. The van der Waals surface area contributed by atoms with Crippen LogP contribution in [0.15, 0.2) is 24.3 Å². The summed E-state index contributed by atoms with van der Waals surface area (Å²) in [6.07, 6.45) is 32.5. The number of hydrogen-bond donors (Lipinski definition) is 3. The highest BCUT2D eigenvalue weighted by molar-refractivity contribution is 7.47. The first kappa shape index (κ1) is 48.0. The summed E-state index contributed by atoms with van der Waals surface area (Å²) in [7, 11) is -4.71. The molecule has 0 amide bonds. The first-order chi connectivity index (χ1) is 24.1. The SMILES string of the molecule is CCCC/C=C\CCCCCCCC(=O)OC[C@H](COP(=O)(O)OC[C@H](N)C(=O)O)OC(=O)CCCCCCCCC/C=C\CCCCCC. The van der Waals surface area contributed by atoms with Gasteiger partial charge in [0.25, 0.3) is 0 Å². The lowest BCUT2D eigenvalue weighted by Gasteiger charge is -2.20. The number of nitrogens with two attached hydrogens (primary N) is 1. The molecule has 292 valence electrons. The van der Waals surface area contributed by atoms with Crippen molar-refractivity contribution in [1.82, 2.24) is 0 Å². The van der Waals surface area contributed by atoms with Crippen molar-refractivity contribution in [2.24, 2.45) is 5.73 Å². The summed E-state index contributed by atoms with van der Waals surface area (Å²) in [4.78, 5) is 45.7. The minimum Gasteiger partial charge on any atom is -0.480 e. The van der Waals surface area contributed by atoms with Gasteiger partial charge in [-0.2, -0.15) is 0 Å². The second kappa shape index (κ2) is 34.1. The molecule has 4 N–H and O–H groups in total. The standard InChI is InChI=1S/C38H70NO10P/c1-3-5-7-9-11-13-15-16-17-18-20-22-24-26-28-30-37(41)49-34(32-47-50(44,45)48-33-35(39)38(42)43)31-46-36(40)29-27-25-23-21-19-14-12-10-8-6-4-2/h10,12-13,15,34-35H,3-9,11,14,16-33,39H2,1-2H3,(H,42,43)(H,44,45)/b12-10-,15-13-/t34-,35+/m1/s1.